The summed E-state index contributed by atoms with van der Waals surface area (Å²) in [7, 11) is 0. The van der Waals surface area contributed by atoms with Gasteiger partial charge in [0.15, 0.2) is 11.1 Å². The molecule has 0 aliphatic heterocycles. The summed E-state index contributed by atoms with van der Waals surface area (Å²) in [5, 5.41) is 8.06. The molecular formula is C28H31NO3S. The number of aryl methyl sites for hydroxylation is 1. The minimum absolute atomic E-state index is 0.0492. The van der Waals surface area contributed by atoms with E-state index in [2.05, 4.69) is 19.1 Å². The number of nitrogens with one attached hydrogen (secondary N) is 1. The van der Waals surface area contributed by atoms with Gasteiger partial charge in [0.2, 0.25) is 0 Å². The summed E-state index contributed by atoms with van der Waals surface area (Å²) in [6, 6.07) is 22.9. The van der Waals surface area contributed by atoms with Gasteiger partial charge in [-0.1, -0.05) is 80.9 Å². The van der Waals surface area contributed by atoms with E-state index in [1.54, 1.807) is 18.2 Å². The zero-order chi connectivity index (χ0) is 23.8. The minimum atomic E-state index is -2.02. The Kier molecular flexibility index (Phi) is 8.87. The first-order valence-electron chi connectivity index (χ1n) is 11.4. The van der Waals surface area contributed by atoms with Crippen molar-refractivity contribution in [2.45, 2.75) is 50.8 Å². The van der Waals surface area contributed by atoms with Gasteiger partial charge < -0.3 is 9.96 Å². The molecule has 3 rings (SSSR count). The van der Waals surface area contributed by atoms with Gasteiger partial charge in [-0.05, 0) is 59.2 Å². The highest BCUT2D eigenvalue weighted by Crippen LogP contribution is 2.24. The van der Waals surface area contributed by atoms with Crippen molar-refractivity contribution in [2.24, 2.45) is 5.92 Å². The molecule has 2 atom stereocenters. The van der Waals surface area contributed by atoms with Crippen LogP contribution in [0.4, 0.5) is 0 Å². The summed E-state index contributed by atoms with van der Waals surface area (Å²) in [5.74, 6) is 0.158. The van der Waals surface area contributed by atoms with E-state index in [-0.39, 0.29) is 11.7 Å². The molecule has 0 aromatic heterocycles. The van der Waals surface area contributed by atoms with E-state index in [0.29, 0.717) is 17.0 Å². The van der Waals surface area contributed by atoms with Gasteiger partial charge in [0.1, 0.15) is 5.78 Å². The molecule has 0 aliphatic carbocycles. The Labute approximate surface area is 198 Å². The molecule has 0 saturated carbocycles. The fraction of sp³-hybridized carbons (Fsp3) is 0.286. The van der Waals surface area contributed by atoms with Crippen LogP contribution in [0.1, 0.15) is 49.8 Å². The smallest absolute Gasteiger partial charge is 0.186 e. The average Bonchev–Trinajstić information content (AvgIpc) is 2.83. The number of carbonyl (C=O) groups excluding carboxylic acids is 1. The van der Waals surface area contributed by atoms with E-state index >= 15 is 0 Å². The second kappa shape index (κ2) is 11.8. The topological polar surface area (TPSA) is 78.2 Å². The second-order valence-corrected chi connectivity index (χ2v) is 9.46. The summed E-state index contributed by atoms with van der Waals surface area (Å²) < 4.78 is 20.7. The Morgan fingerprint density at radius 3 is 2.30 bits per heavy atom. The van der Waals surface area contributed by atoms with Crippen molar-refractivity contribution >= 4 is 22.6 Å². The molecule has 0 amide bonds. The van der Waals surface area contributed by atoms with Gasteiger partial charge in [-0.15, -0.1) is 0 Å². The van der Waals surface area contributed by atoms with Crippen molar-refractivity contribution in [2.75, 3.05) is 0 Å². The molecule has 0 saturated heterocycles. The van der Waals surface area contributed by atoms with E-state index in [9.17, 15) is 13.6 Å². The van der Waals surface area contributed by atoms with Crippen LogP contribution in [0.15, 0.2) is 77.7 Å². The summed E-state index contributed by atoms with van der Waals surface area (Å²) >= 11 is -2.02. The summed E-state index contributed by atoms with van der Waals surface area (Å²) in [4.78, 5) is 13.2. The lowest BCUT2D eigenvalue weighted by molar-refractivity contribution is -0.121. The molecule has 0 aliphatic rings. The largest absolute Gasteiger partial charge is 0.305 e. The molecule has 0 radical (unpaired) electrons. The van der Waals surface area contributed by atoms with Crippen LogP contribution in [0.5, 0.6) is 0 Å². The van der Waals surface area contributed by atoms with Gasteiger partial charge in [-0.25, -0.2) is 4.21 Å². The van der Waals surface area contributed by atoms with Gasteiger partial charge in [-0.2, -0.15) is 0 Å². The third-order valence-electron chi connectivity index (χ3n) is 5.89. The van der Waals surface area contributed by atoms with Gasteiger partial charge in [0.05, 0.1) is 4.90 Å². The summed E-state index contributed by atoms with van der Waals surface area (Å²) in [6.07, 6.45) is 3.75. The SMILES string of the molecule is CCCC(=N)c1ccc(CCC(C)C(=O)Cc2cccc(-c3cccc(S(=O)O)c3)c2)cc1. The first-order chi connectivity index (χ1) is 15.9. The van der Waals surface area contributed by atoms with Crippen molar-refractivity contribution < 1.29 is 13.6 Å². The van der Waals surface area contributed by atoms with E-state index in [1.807, 2.05) is 49.4 Å². The third kappa shape index (κ3) is 7.04. The maximum atomic E-state index is 12.8. The highest BCUT2D eigenvalue weighted by molar-refractivity contribution is 7.79. The number of benzene rings is 3. The quantitative estimate of drug-likeness (QED) is 0.253. The maximum Gasteiger partial charge on any atom is 0.186 e. The summed E-state index contributed by atoms with van der Waals surface area (Å²) in [6.45, 7) is 4.06. The van der Waals surface area contributed by atoms with Crippen LogP contribution in [0.25, 0.3) is 11.1 Å². The minimum Gasteiger partial charge on any atom is -0.305 e. The maximum absolute atomic E-state index is 12.8. The number of hydrogen-bond donors (Lipinski definition) is 2. The monoisotopic (exact) mass is 461 g/mol. The molecule has 3 aromatic rings. The second-order valence-electron chi connectivity index (χ2n) is 8.49. The molecule has 2 unspecified atom stereocenters. The molecule has 5 heteroatoms. The fourth-order valence-corrected chi connectivity index (χ4v) is 4.25. The average molecular weight is 462 g/mol. The molecule has 0 bridgehead atoms. The van der Waals surface area contributed by atoms with Crippen LogP contribution in [-0.2, 0) is 28.7 Å². The van der Waals surface area contributed by atoms with Crippen LogP contribution in [0, 0.1) is 11.3 Å². The normalized spacial score (nSPS) is 12.8. The van der Waals surface area contributed by atoms with Crippen molar-refractivity contribution in [3.63, 3.8) is 0 Å². The lowest BCUT2D eigenvalue weighted by atomic mass is 9.92. The van der Waals surface area contributed by atoms with Gasteiger partial charge in [0.25, 0.3) is 0 Å². The molecule has 172 valence electrons. The van der Waals surface area contributed by atoms with Gasteiger partial charge >= 0.3 is 0 Å². The zero-order valence-corrected chi connectivity index (χ0v) is 20.0. The van der Waals surface area contributed by atoms with Crippen LogP contribution in [0.2, 0.25) is 0 Å². The van der Waals surface area contributed by atoms with E-state index in [0.717, 1.165) is 47.9 Å². The lowest BCUT2D eigenvalue weighted by Gasteiger charge is -2.12. The highest BCUT2D eigenvalue weighted by Gasteiger charge is 2.14. The van der Waals surface area contributed by atoms with Crippen molar-refractivity contribution in [1.29, 1.82) is 5.41 Å². The number of carbonyl (C=O) groups is 1. The predicted octanol–water partition coefficient (Wildman–Crippen LogP) is 6.48. The lowest BCUT2D eigenvalue weighted by Crippen LogP contribution is -2.14. The van der Waals surface area contributed by atoms with Crippen LogP contribution < -0.4 is 0 Å². The van der Waals surface area contributed by atoms with E-state index < -0.39 is 11.1 Å². The Bertz CT molecular complexity index is 1140. The molecule has 4 nitrogen and oxygen atoms in total. The van der Waals surface area contributed by atoms with Crippen molar-refractivity contribution in [3.8, 4) is 11.1 Å². The van der Waals surface area contributed by atoms with Gasteiger partial charge in [0, 0.05) is 18.1 Å². The number of Topliss-reactive ketones (excluding diaryl/α,β-unsaturated/α-hetero) is 1. The van der Waals surface area contributed by atoms with Crippen LogP contribution in [-0.4, -0.2) is 20.3 Å². The number of hydrogen-bond acceptors (Lipinski definition) is 3. The Morgan fingerprint density at radius 1 is 0.970 bits per heavy atom. The van der Waals surface area contributed by atoms with E-state index in [4.69, 9.17) is 5.41 Å². The molecule has 33 heavy (non-hydrogen) atoms. The molecule has 3 aromatic carbocycles. The molecular weight excluding hydrogens is 430 g/mol. The number of ketones is 1. The molecule has 2 N–H and O–H groups in total. The Morgan fingerprint density at radius 2 is 1.64 bits per heavy atom. The molecule has 0 fully saturated rings. The van der Waals surface area contributed by atoms with Gasteiger partial charge in [-0.3, -0.25) is 4.79 Å². The third-order valence-corrected chi connectivity index (χ3v) is 6.55. The Balaban J connectivity index is 1.59. The van der Waals surface area contributed by atoms with E-state index in [1.165, 1.54) is 5.56 Å². The fourth-order valence-electron chi connectivity index (χ4n) is 3.83. The Hall–Kier alpha value is -2.89. The molecule has 0 spiro atoms. The van der Waals surface area contributed by atoms with Crippen LogP contribution in [0.3, 0.4) is 0 Å². The predicted molar refractivity (Wildman–Crippen MR) is 135 cm³/mol. The van der Waals surface area contributed by atoms with Crippen molar-refractivity contribution in [1.82, 2.24) is 0 Å². The van der Waals surface area contributed by atoms with Crippen LogP contribution >= 0.6 is 0 Å². The first kappa shape index (κ1) is 24.7. The number of rotatable bonds is 11. The standard InChI is InChI=1S/C28H31NO3S/c1-3-6-27(29)23-15-13-21(14-16-23)12-11-20(2)28(30)18-22-7-4-8-24(17-22)25-9-5-10-26(19-25)33(31)32/h4-5,7-10,13-17,19-20,29H,3,6,11-12,18H2,1-2H3,(H,31,32). The van der Waals surface area contributed by atoms with Crippen molar-refractivity contribution in [3.05, 3.63) is 89.5 Å². The molecule has 0 heterocycles. The zero-order valence-electron chi connectivity index (χ0n) is 19.2. The summed E-state index contributed by atoms with van der Waals surface area (Å²) in [5.41, 5.74) is 5.55. The highest BCUT2D eigenvalue weighted by atomic mass is 32.2. The first-order valence-corrected chi connectivity index (χ1v) is 12.5.